The molecular weight excluding hydrogens is 543 g/mol. The van der Waals surface area contributed by atoms with E-state index in [-0.39, 0.29) is 25.2 Å². The molecule has 236 valence electrons. The molecule has 1 atom stereocenters. The van der Waals surface area contributed by atoms with Gasteiger partial charge >= 0.3 is 20.6 Å². The van der Waals surface area contributed by atoms with Crippen molar-refractivity contribution < 1.29 is 28.2 Å². The summed E-state index contributed by atoms with van der Waals surface area (Å²) in [6, 6.07) is 0. The topological polar surface area (TPSA) is 78.9 Å². The molecule has 0 aliphatic heterocycles. The normalized spacial score (nSPS) is 12.1. The molecule has 0 unspecified atom stereocenters. The number of rotatable bonds is 32. The molecule has 0 fully saturated rings. The average Bonchev–Trinajstić information content (AvgIpc) is 2.95. The van der Waals surface area contributed by atoms with E-state index in [9.17, 15) is 14.2 Å². The quantitative estimate of drug-likeness (QED) is 0.0356. The van der Waals surface area contributed by atoms with Gasteiger partial charge in [0.05, 0.1) is 0 Å². The molecule has 0 aromatic heterocycles. The molecule has 0 amide bonds. The number of hydrogen-bond acceptors (Lipinski definition) is 7. The van der Waals surface area contributed by atoms with Crippen molar-refractivity contribution in [1.82, 2.24) is 0 Å². The van der Waals surface area contributed by atoms with Crippen molar-refractivity contribution in [2.24, 2.45) is 0 Å². The van der Waals surface area contributed by atoms with Crippen LogP contribution in [-0.2, 0) is 28.2 Å². The Hall–Kier alpha value is -0.650. The van der Waals surface area contributed by atoms with E-state index in [1.54, 1.807) is 0 Å². The van der Waals surface area contributed by atoms with Crippen LogP contribution in [0.3, 0.4) is 0 Å². The number of carbonyl (C=O) groups excluding carboxylic acids is 2. The fourth-order valence-corrected chi connectivity index (χ4v) is 5.27. The molecule has 6 nitrogen and oxygen atoms in total. The number of thiol groups is 1. The van der Waals surface area contributed by atoms with E-state index in [1.165, 1.54) is 109 Å². The minimum Gasteiger partial charge on any atom is -0.462 e. The van der Waals surface area contributed by atoms with Crippen molar-refractivity contribution in [3.63, 3.8) is 0 Å². The summed E-state index contributed by atoms with van der Waals surface area (Å²) in [5.41, 5.74) is 0. The van der Waals surface area contributed by atoms with E-state index in [2.05, 4.69) is 19.6 Å². The third kappa shape index (κ3) is 30.3. The maximum atomic E-state index is 12.2. The van der Waals surface area contributed by atoms with Crippen LogP contribution in [0.15, 0.2) is 0 Å². The van der Waals surface area contributed by atoms with Crippen LogP contribution in [0.5, 0.6) is 0 Å². The summed E-state index contributed by atoms with van der Waals surface area (Å²) in [6.07, 6.45) is 28.1. The van der Waals surface area contributed by atoms with Gasteiger partial charge in [-0.3, -0.25) is 14.1 Å². The maximum absolute atomic E-state index is 12.2. The second-order valence-electron chi connectivity index (χ2n) is 11.2. The zero-order valence-electron chi connectivity index (χ0n) is 25.7. The van der Waals surface area contributed by atoms with Gasteiger partial charge in [-0.25, -0.2) is 4.57 Å². The third-order valence-electron chi connectivity index (χ3n) is 7.31. The molecule has 0 radical (unpaired) electrons. The summed E-state index contributed by atoms with van der Waals surface area (Å²) >= 11 is 4.25. The zero-order valence-corrected chi connectivity index (χ0v) is 27.5. The summed E-state index contributed by atoms with van der Waals surface area (Å²) in [6.45, 7) is 2.12. The van der Waals surface area contributed by atoms with Gasteiger partial charge in [-0.1, -0.05) is 135 Å². The lowest BCUT2D eigenvalue weighted by atomic mass is 10.0. The third-order valence-corrected chi connectivity index (χ3v) is 7.89. The van der Waals surface area contributed by atoms with Crippen molar-refractivity contribution in [3.8, 4) is 0 Å². The molecule has 0 aliphatic carbocycles. The van der Waals surface area contributed by atoms with Crippen LogP contribution in [0.2, 0.25) is 0 Å². The number of hydrogen-bond donors (Lipinski definition) is 1. The second-order valence-corrected chi connectivity index (χ2v) is 12.0. The minimum absolute atomic E-state index is 0.0575. The Labute approximate surface area is 253 Å². The second kappa shape index (κ2) is 32.9. The zero-order chi connectivity index (χ0) is 29.4. The van der Waals surface area contributed by atoms with Crippen LogP contribution in [0.1, 0.15) is 167 Å². The fourth-order valence-electron chi connectivity index (χ4n) is 4.82. The average molecular weight is 605 g/mol. The van der Waals surface area contributed by atoms with E-state index < -0.39 is 14.8 Å². The molecule has 0 aliphatic rings. The number of unbranched alkanes of at least 4 members (excludes halogenated alkanes) is 21. The standard InChI is InChI=1S/C32H61O6PS/c1-2-3-4-5-6-7-10-14-17-20-23-26-32(34)38-30(29-37-39-35)28-36-31(33)25-22-19-16-13-11-8-9-12-15-18-21-24-27-40/h30,40H,2-29H2,1H3/t30-/m1/s1. The van der Waals surface area contributed by atoms with Crippen molar-refractivity contribution in [2.75, 3.05) is 19.0 Å². The van der Waals surface area contributed by atoms with Crippen molar-refractivity contribution in [3.05, 3.63) is 0 Å². The van der Waals surface area contributed by atoms with E-state index in [4.69, 9.17) is 14.0 Å². The Balaban J connectivity index is 3.76. The molecule has 0 saturated heterocycles. The highest BCUT2D eigenvalue weighted by Gasteiger charge is 2.17. The summed E-state index contributed by atoms with van der Waals surface area (Å²) in [7, 11) is -0.483. The molecule has 0 heterocycles. The summed E-state index contributed by atoms with van der Waals surface area (Å²) in [4.78, 5) is 24.4. The lowest BCUT2D eigenvalue weighted by molar-refractivity contribution is -0.160. The van der Waals surface area contributed by atoms with Gasteiger partial charge in [0.2, 0.25) is 0 Å². The van der Waals surface area contributed by atoms with E-state index >= 15 is 0 Å². The van der Waals surface area contributed by atoms with Crippen LogP contribution in [0, 0.1) is 0 Å². The Kier molecular flexibility index (Phi) is 32.3. The molecule has 40 heavy (non-hydrogen) atoms. The molecule has 8 heteroatoms. The first-order valence-electron chi connectivity index (χ1n) is 16.5. The fraction of sp³-hybridized carbons (Fsp3) is 0.938. The van der Waals surface area contributed by atoms with Crippen molar-refractivity contribution >= 4 is 33.3 Å². The highest BCUT2D eigenvalue weighted by Crippen LogP contribution is 2.14. The lowest BCUT2D eigenvalue weighted by Crippen LogP contribution is -2.28. The van der Waals surface area contributed by atoms with Gasteiger partial charge in [0.1, 0.15) is 13.2 Å². The van der Waals surface area contributed by atoms with Gasteiger partial charge < -0.3 is 9.47 Å². The molecule has 0 aromatic carbocycles. The van der Waals surface area contributed by atoms with Gasteiger partial charge in [-0.05, 0) is 25.0 Å². The van der Waals surface area contributed by atoms with Crippen LogP contribution in [0.25, 0.3) is 0 Å². The first kappa shape index (κ1) is 39.4. The van der Waals surface area contributed by atoms with Crippen LogP contribution in [0.4, 0.5) is 0 Å². The molecule has 0 spiro atoms. The monoisotopic (exact) mass is 604 g/mol. The number of ether oxygens (including phenoxy) is 2. The highest BCUT2D eigenvalue weighted by atomic mass is 32.1. The molecule has 0 aromatic rings. The molecule has 0 N–H and O–H groups in total. The van der Waals surface area contributed by atoms with Crippen LogP contribution >= 0.6 is 21.3 Å². The molecular formula is C32H61O6PS. The van der Waals surface area contributed by atoms with Crippen molar-refractivity contribution in [2.45, 2.75) is 174 Å². The SMILES string of the molecule is CCCCCCCCCCCCCC(=O)O[C@@H](COP=O)COC(=O)CCCCCCCCCCCCCCS. The smallest absolute Gasteiger partial charge is 0.327 e. The number of carbonyl (C=O) groups is 2. The minimum atomic E-state index is -0.728. The highest BCUT2D eigenvalue weighted by molar-refractivity contribution is 7.80. The van der Waals surface area contributed by atoms with E-state index in [0.29, 0.717) is 12.8 Å². The van der Waals surface area contributed by atoms with Gasteiger partial charge in [0.15, 0.2) is 6.10 Å². The summed E-state index contributed by atoms with van der Waals surface area (Å²) in [5.74, 6) is 0.394. The first-order valence-corrected chi connectivity index (χ1v) is 17.9. The van der Waals surface area contributed by atoms with Crippen LogP contribution in [-0.4, -0.2) is 37.0 Å². The van der Waals surface area contributed by atoms with Gasteiger partial charge in [0.25, 0.3) is 0 Å². The largest absolute Gasteiger partial charge is 0.462 e. The van der Waals surface area contributed by atoms with Gasteiger partial charge in [-0.2, -0.15) is 12.6 Å². The molecule has 0 bridgehead atoms. The van der Waals surface area contributed by atoms with Crippen LogP contribution < -0.4 is 0 Å². The van der Waals surface area contributed by atoms with Gasteiger partial charge in [-0.15, -0.1) is 0 Å². The van der Waals surface area contributed by atoms with E-state index in [1.807, 2.05) is 0 Å². The Morgan fingerprint density at radius 3 is 1.40 bits per heavy atom. The predicted molar refractivity (Wildman–Crippen MR) is 169 cm³/mol. The maximum Gasteiger partial charge on any atom is 0.327 e. The van der Waals surface area contributed by atoms with Gasteiger partial charge in [0, 0.05) is 12.8 Å². The molecule has 0 saturated carbocycles. The van der Waals surface area contributed by atoms with E-state index in [0.717, 1.165) is 44.3 Å². The Bertz CT molecular complexity index is 578. The lowest BCUT2D eigenvalue weighted by Gasteiger charge is -2.16. The number of esters is 2. The molecule has 0 rings (SSSR count). The Morgan fingerprint density at radius 2 is 0.975 bits per heavy atom. The Morgan fingerprint density at radius 1 is 0.575 bits per heavy atom. The predicted octanol–water partition coefficient (Wildman–Crippen LogP) is 10.4. The summed E-state index contributed by atoms with van der Waals surface area (Å²) < 4.78 is 26.3. The van der Waals surface area contributed by atoms with Crippen molar-refractivity contribution in [1.29, 1.82) is 0 Å². The summed E-state index contributed by atoms with van der Waals surface area (Å²) in [5, 5.41) is 0. The first-order chi connectivity index (χ1) is 19.6.